The quantitative estimate of drug-likeness (QED) is 0.593. The fourth-order valence-corrected chi connectivity index (χ4v) is 2.85. The molecule has 0 unspecified atom stereocenters. The van der Waals surface area contributed by atoms with Crippen molar-refractivity contribution in [2.24, 2.45) is 0 Å². The summed E-state index contributed by atoms with van der Waals surface area (Å²) < 4.78 is 41.0. The van der Waals surface area contributed by atoms with Crippen LogP contribution in [0.15, 0.2) is 42.6 Å². The van der Waals surface area contributed by atoms with Gasteiger partial charge in [0.25, 0.3) is 5.91 Å². The van der Waals surface area contributed by atoms with E-state index in [4.69, 9.17) is 0 Å². The molecule has 1 aromatic carbocycles. The van der Waals surface area contributed by atoms with Crippen molar-refractivity contribution in [3.63, 3.8) is 0 Å². The maximum absolute atomic E-state index is 12.8. The number of anilines is 2. The van der Waals surface area contributed by atoms with Gasteiger partial charge in [0.05, 0.1) is 5.69 Å². The number of hydrogen-bond acceptors (Lipinski definition) is 4. The third-order valence-electron chi connectivity index (χ3n) is 4.43. The standard InChI is InChI=1S/C20H21F3N6O2/c1-3-28-12-15(18(27-28)19(31)24-14-7-5-4-6-8-14)25-17(30)9-10-29-13(2)11-16(26-29)20(21,22)23/h4-8,11-12H,3,9-10H2,1-2H3,(H,24,31)(H,25,30). The molecule has 11 heteroatoms. The van der Waals surface area contributed by atoms with E-state index in [-0.39, 0.29) is 24.3 Å². The van der Waals surface area contributed by atoms with E-state index in [0.29, 0.717) is 17.9 Å². The monoisotopic (exact) mass is 434 g/mol. The second-order valence-electron chi connectivity index (χ2n) is 6.76. The van der Waals surface area contributed by atoms with E-state index in [1.807, 2.05) is 13.0 Å². The summed E-state index contributed by atoms with van der Waals surface area (Å²) in [4.78, 5) is 25.0. The first kappa shape index (κ1) is 22.1. The van der Waals surface area contributed by atoms with E-state index in [0.717, 1.165) is 10.7 Å². The molecular formula is C20H21F3N6O2. The molecule has 2 aromatic heterocycles. The number of alkyl halides is 3. The molecule has 164 valence electrons. The SMILES string of the molecule is CCn1cc(NC(=O)CCn2nc(C(F)(F)F)cc2C)c(C(=O)Nc2ccccc2)n1. The summed E-state index contributed by atoms with van der Waals surface area (Å²) in [7, 11) is 0. The zero-order chi connectivity index (χ0) is 22.6. The number of rotatable bonds is 7. The van der Waals surface area contributed by atoms with Crippen LogP contribution in [0.3, 0.4) is 0 Å². The molecular weight excluding hydrogens is 413 g/mol. The summed E-state index contributed by atoms with van der Waals surface area (Å²) in [5.41, 5.74) is 0.115. The highest BCUT2D eigenvalue weighted by atomic mass is 19.4. The summed E-state index contributed by atoms with van der Waals surface area (Å²) >= 11 is 0. The lowest BCUT2D eigenvalue weighted by Crippen LogP contribution is -2.19. The molecule has 2 N–H and O–H groups in total. The third-order valence-corrected chi connectivity index (χ3v) is 4.43. The van der Waals surface area contributed by atoms with Gasteiger partial charge in [-0.05, 0) is 32.0 Å². The number of amides is 2. The van der Waals surface area contributed by atoms with Gasteiger partial charge in [-0.25, -0.2) is 0 Å². The number of aryl methyl sites for hydroxylation is 3. The van der Waals surface area contributed by atoms with Gasteiger partial charge in [0.2, 0.25) is 5.91 Å². The Morgan fingerprint density at radius 2 is 1.81 bits per heavy atom. The number of benzene rings is 1. The highest BCUT2D eigenvalue weighted by Crippen LogP contribution is 2.28. The van der Waals surface area contributed by atoms with Crippen LogP contribution >= 0.6 is 0 Å². The van der Waals surface area contributed by atoms with Crippen LogP contribution in [-0.2, 0) is 24.1 Å². The number of carbonyl (C=O) groups is 2. The van der Waals surface area contributed by atoms with Crippen molar-refractivity contribution < 1.29 is 22.8 Å². The van der Waals surface area contributed by atoms with Crippen molar-refractivity contribution in [1.29, 1.82) is 0 Å². The van der Waals surface area contributed by atoms with Crippen molar-refractivity contribution in [2.75, 3.05) is 10.6 Å². The first-order valence-corrected chi connectivity index (χ1v) is 9.52. The van der Waals surface area contributed by atoms with E-state index < -0.39 is 23.7 Å². The van der Waals surface area contributed by atoms with E-state index >= 15 is 0 Å². The van der Waals surface area contributed by atoms with Gasteiger partial charge in [-0.2, -0.15) is 23.4 Å². The van der Waals surface area contributed by atoms with Gasteiger partial charge in [0.1, 0.15) is 0 Å². The van der Waals surface area contributed by atoms with Gasteiger partial charge in [-0.1, -0.05) is 18.2 Å². The molecule has 8 nitrogen and oxygen atoms in total. The van der Waals surface area contributed by atoms with E-state index in [9.17, 15) is 22.8 Å². The summed E-state index contributed by atoms with van der Waals surface area (Å²) in [6, 6.07) is 9.71. The third kappa shape index (κ3) is 5.50. The first-order chi connectivity index (χ1) is 14.7. The predicted molar refractivity (Wildman–Crippen MR) is 108 cm³/mol. The topological polar surface area (TPSA) is 93.8 Å². The molecule has 0 radical (unpaired) electrons. The number of nitrogens with one attached hydrogen (secondary N) is 2. The Bertz CT molecular complexity index is 1070. The van der Waals surface area contributed by atoms with Crippen molar-refractivity contribution >= 4 is 23.2 Å². The minimum Gasteiger partial charge on any atom is -0.323 e. The van der Waals surface area contributed by atoms with Crippen LogP contribution in [0.4, 0.5) is 24.5 Å². The number of halogens is 3. The number of carbonyl (C=O) groups excluding carboxylic acids is 2. The lowest BCUT2D eigenvalue weighted by Gasteiger charge is -2.07. The predicted octanol–water partition coefficient (Wildman–Crippen LogP) is 3.71. The first-order valence-electron chi connectivity index (χ1n) is 9.52. The summed E-state index contributed by atoms with van der Waals surface area (Å²) in [6.45, 7) is 3.75. The minimum absolute atomic E-state index is 0.0358. The Kier molecular flexibility index (Phi) is 6.42. The van der Waals surface area contributed by atoms with Crippen molar-refractivity contribution in [3.05, 3.63) is 59.7 Å². The highest BCUT2D eigenvalue weighted by Gasteiger charge is 2.34. The Labute approximate surface area is 176 Å². The number of para-hydroxylation sites is 1. The number of hydrogen-bond donors (Lipinski definition) is 2. The van der Waals surface area contributed by atoms with Gasteiger partial charge < -0.3 is 10.6 Å². The van der Waals surface area contributed by atoms with E-state index in [1.165, 1.54) is 17.8 Å². The maximum atomic E-state index is 12.8. The van der Waals surface area contributed by atoms with E-state index in [2.05, 4.69) is 20.8 Å². The lowest BCUT2D eigenvalue weighted by atomic mass is 10.3. The summed E-state index contributed by atoms with van der Waals surface area (Å²) in [6.07, 6.45) is -3.15. The largest absolute Gasteiger partial charge is 0.435 e. The van der Waals surface area contributed by atoms with E-state index in [1.54, 1.807) is 24.3 Å². The van der Waals surface area contributed by atoms with Crippen LogP contribution in [0, 0.1) is 6.92 Å². The molecule has 0 bridgehead atoms. The normalized spacial score (nSPS) is 11.4. The smallest absolute Gasteiger partial charge is 0.323 e. The molecule has 0 fully saturated rings. The Morgan fingerprint density at radius 3 is 2.42 bits per heavy atom. The molecule has 0 saturated carbocycles. The average Bonchev–Trinajstić information content (AvgIpc) is 3.30. The molecule has 0 aliphatic rings. The van der Waals surface area contributed by atoms with Gasteiger partial charge in [0.15, 0.2) is 11.4 Å². The number of nitrogens with zero attached hydrogens (tertiary/aromatic N) is 4. The van der Waals surface area contributed by atoms with Crippen molar-refractivity contribution in [1.82, 2.24) is 19.6 Å². The fourth-order valence-electron chi connectivity index (χ4n) is 2.85. The van der Waals surface area contributed by atoms with Crippen molar-refractivity contribution in [2.45, 2.75) is 39.5 Å². The molecule has 0 atom stereocenters. The highest BCUT2D eigenvalue weighted by molar-refractivity contribution is 6.08. The molecule has 3 rings (SSSR count). The molecule has 0 saturated heterocycles. The van der Waals surface area contributed by atoms with Gasteiger partial charge in [-0.3, -0.25) is 19.0 Å². The Balaban J connectivity index is 1.68. The van der Waals surface area contributed by atoms with Crippen LogP contribution < -0.4 is 10.6 Å². The van der Waals surface area contributed by atoms with Crippen LogP contribution in [0.25, 0.3) is 0 Å². The molecule has 3 aromatic rings. The second kappa shape index (κ2) is 9.02. The zero-order valence-corrected chi connectivity index (χ0v) is 16.9. The molecule has 2 heterocycles. The van der Waals surface area contributed by atoms with Crippen LogP contribution in [0.5, 0.6) is 0 Å². The van der Waals surface area contributed by atoms with Crippen LogP contribution in [0.2, 0.25) is 0 Å². The van der Waals surface area contributed by atoms with Gasteiger partial charge in [0, 0.05) is 37.1 Å². The Hall–Kier alpha value is -3.63. The summed E-state index contributed by atoms with van der Waals surface area (Å²) in [5, 5.41) is 13.0. The molecule has 2 amide bonds. The molecule has 0 aliphatic carbocycles. The van der Waals surface area contributed by atoms with Crippen LogP contribution in [0.1, 0.15) is 35.2 Å². The van der Waals surface area contributed by atoms with Gasteiger partial charge >= 0.3 is 6.18 Å². The van der Waals surface area contributed by atoms with Gasteiger partial charge in [-0.15, -0.1) is 0 Å². The van der Waals surface area contributed by atoms with Crippen molar-refractivity contribution in [3.8, 4) is 0 Å². The lowest BCUT2D eigenvalue weighted by molar-refractivity contribution is -0.141. The summed E-state index contributed by atoms with van der Waals surface area (Å²) in [5.74, 6) is -0.973. The molecule has 31 heavy (non-hydrogen) atoms. The zero-order valence-electron chi connectivity index (χ0n) is 16.9. The average molecular weight is 434 g/mol. The second-order valence-corrected chi connectivity index (χ2v) is 6.76. The Morgan fingerprint density at radius 1 is 1.10 bits per heavy atom. The fraction of sp³-hybridized carbons (Fsp3) is 0.300. The molecule has 0 aliphatic heterocycles. The number of aromatic nitrogens is 4. The maximum Gasteiger partial charge on any atom is 0.435 e. The van der Waals surface area contributed by atoms with Crippen LogP contribution in [-0.4, -0.2) is 31.4 Å². The minimum atomic E-state index is -4.55. The molecule has 0 spiro atoms.